The first kappa shape index (κ1) is 23.3. The average molecular weight is 499 g/mol. The van der Waals surface area contributed by atoms with Crippen molar-refractivity contribution in [3.63, 3.8) is 0 Å². The quantitative estimate of drug-likeness (QED) is 0.341. The number of hydrogen-bond donors (Lipinski definition) is 1. The molecule has 0 saturated carbocycles. The van der Waals surface area contributed by atoms with E-state index < -0.39 is 15.9 Å². The lowest BCUT2D eigenvalue weighted by atomic mass is 10.1. The molecular weight excluding hydrogens is 479 g/mol. The third-order valence-corrected chi connectivity index (χ3v) is 7.57. The van der Waals surface area contributed by atoms with Crippen LogP contribution in [-0.4, -0.2) is 25.2 Å². The average Bonchev–Trinajstić information content (AvgIpc) is 2.80. The first-order valence-corrected chi connectivity index (χ1v) is 12.3. The molecule has 5 nitrogen and oxygen atoms in total. The normalized spacial score (nSPS) is 11.6. The predicted molar refractivity (Wildman–Crippen MR) is 133 cm³/mol. The van der Waals surface area contributed by atoms with E-state index in [0.29, 0.717) is 21.3 Å². The van der Waals surface area contributed by atoms with E-state index in [1.54, 1.807) is 30.3 Å². The lowest BCUT2D eigenvalue weighted by Crippen LogP contribution is -2.37. The van der Waals surface area contributed by atoms with Crippen LogP contribution in [0.5, 0.6) is 0 Å². The second-order valence-corrected chi connectivity index (χ2v) is 10.2. The molecule has 168 valence electrons. The standard InChI is InChI=1S/C25H20Cl2N2O3S/c26-20-12-14-21(15-13-20)33(31,32)29(16-19-7-2-4-10-23(19)27)17-25(30)28-24-11-5-8-18-6-1-3-9-22(18)24/h1-15H,16-17H2,(H,28,30). The Morgan fingerprint density at radius 3 is 2.24 bits per heavy atom. The zero-order valence-electron chi connectivity index (χ0n) is 17.4. The molecule has 0 aliphatic rings. The van der Waals surface area contributed by atoms with Crippen LogP contribution in [0, 0.1) is 0 Å². The van der Waals surface area contributed by atoms with Crippen LogP contribution < -0.4 is 5.32 Å². The highest BCUT2D eigenvalue weighted by Gasteiger charge is 2.27. The lowest BCUT2D eigenvalue weighted by molar-refractivity contribution is -0.116. The smallest absolute Gasteiger partial charge is 0.243 e. The van der Waals surface area contributed by atoms with E-state index >= 15 is 0 Å². The number of halogens is 2. The zero-order chi connectivity index (χ0) is 23.4. The molecule has 0 unspecified atom stereocenters. The van der Waals surface area contributed by atoms with Crippen molar-refractivity contribution in [2.45, 2.75) is 11.4 Å². The summed E-state index contributed by atoms with van der Waals surface area (Å²) in [5.41, 5.74) is 1.20. The predicted octanol–water partition coefficient (Wildman–Crippen LogP) is 5.98. The Balaban J connectivity index is 1.64. The molecule has 0 aliphatic carbocycles. The van der Waals surface area contributed by atoms with E-state index in [-0.39, 0.29) is 18.0 Å². The third-order valence-electron chi connectivity index (χ3n) is 5.14. The van der Waals surface area contributed by atoms with Crippen molar-refractivity contribution in [1.29, 1.82) is 0 Å². The number of fused-ring (bicyclic) bond motifs is 1. The SMILES string of the molecule is O=C(CN(Cc1ccccc1Cl)S(=O)(=O)c1ccc(Cl)cc1)Nc1cccc2ccccc12. The molecule has 1 N–H and O–H groups in total. The van der Waals surface area contributed by atoms with Gasteiger partial charge in [0, 0.05) is 27.7 Å². The Bertz CT molecular complexity index is 1400. The molecule has 0 radical (unpaired) electrons. The highest BCUT2D eigenvalue weighted by molar-refractivity contribution is 7.89. The molecule has 4 rings (SSSR count). The summed E-state index contributed by atoms with van der Waals surface area (Å²) in [6.07, 6.45) is 0. The maximum absolute atomic E-state index is 13.4. The number of nitrogens with zero attached hydrogens (tertiary/aromatic N) is 1. The summed E-state index contributed by atoms with van der Waals surface area (Å²) in [4.78, 5) is 13.0. The van der Waals surface area contributed by atoms with Gasteiger partial charge in [0.25, 0.3) is 0 Å². The van der Waals surface area contributed by atoms with E-state index in [2.05, 4.69) is 5.32 Å². The van der Waals surface area contributed by atoms with Gasteiger partial charge in [-0.2, -0.15) is 4.31 Å². The van der Waals surface area contributed by atoms with Crippen LogP contribution in [0.25, 0.3) is 10.8 Å². The van der Waals surface area contributed by atoms with Crippen molar-refractivity contribution in [1.82, 2.24) is 4.31 Å². The van der Waals surface area contributed by atoms with E-state index in [9.17, 15) is 13.2 Å². The highest BCUT2D eigenvalue weighted by atomic mass is 35.5. The molecule has 4 aromatic carbocycles. The maximum atomic E-state index is 13.4. The summed E-state index contributed by atoms with van der Waals surface area (Å²) in [5.74, 6) is -0.462. The van der Waals surface area contributed by atoms with Gasteiger partial charge in [-0.15, -0.1) is 0 Å². The minimum Gasteiger partial charge on any atom is -0.324 e. The minimum atomic E-state index is -4.01. The number of hydrogen-bond acceptors (Lipinski definition) is 3. The summed E-state index contributed by atoms with van der Waals surface area (Å²) >= 11 is 12.2. The molecule has 4 aromatic rings. The molecule has 33 heavy (non-hydrogen) atoms. The molecule has 8 heteroatoms. The third kappa shape index (κ3) is 5.37. The Hall–Kier alpha value is -2.90. The van der Waals surface area contributed by atoms with Crippen molar-refractivity contribution in [2.24, 2.45) is 0 Å². The largest absolute Gasteiger partial charge is 0.324 e. The molecule has 0 bridgehead atoms. The van der Waals surface area contributed by atoms with Crippen molar-refractivity contribution in [3.05, 3.63) is 107 Å². The Labute approximate surface area is 202 Å². The Morgan fingerprint density at radius 2 is 1.48 bits per heavy atom. The molecule has 1 amide bonds. The van der Waals surface area contributed by atoms with Crippen molar-refractivity contribution >= 4 is 55.6 Å². The number of carbonyl (C=O) groups is 1. The van der Waals surface area contributed by atoms with Gasteiger partial charge < -0.3 is 5.32 Å². The van der Waals surface area contributed by atoms with Gasteiger partial charge in [-0.3, -0.25) is 4.79 Å². The maximum Gasteiger partial charge on any atom is 0.243 e. The van der Waals surface area contributed by atoms with Gasteiger partial charge in [0.05, 0.1) is 11.4 Å². The zero-order valence-corrected chi connectivity index (χ0v) is 19.7. The molecule has 0 aromatic heterocycles. The van der Waals surface area contributed by atoms with Crippen molar-refractivity contribution in [2.75, 3.05) is 11.9 Å². The second-order valence-electron chi connectivity index (χ2n) is 7.39. The van der Waals surface area contributed by atoms with E-state index in [1.165, 1.54) is 24.3 Å². The Morgan fingerprint density at radius 1 is 0.818 bits per heavy atom. The van der Waals surface area contributed by atoms with Gasteiger partial charge in [0.15, 0.2) is 0 Å². The van der Waals surface area contributed by atoms with Crippen LogP contribution in [0.1, 0.15) is 5.56 Å². The molecule has 0 saturated heterocycles. The van der Waals surface area contributed by atoms with Gasteiger partial charge in [0.2, 0.25) is 15.9 Å². The fraction of sp³-hybridized carbons (Fsp3) is 0.0800. The molecule has 0 heterocycles. The van der Waals surface area contributed by atoms with Gasteiger partial charge >= 0.3 is 0 Å². The van der Waals surface area contributed by atoms with E-state index in [4.69, 9.17) is 23.2 Å². The first-order valence-electron chi connectivity index (χ1n) is 10.1. The van der Waals surface area contributed by atoms with Crippen molar-refractivity contribution in [3.8, 4) is 0 Å². The number of anilines is 1. The summed E-state index contributed by atoms with van der Waals surface area (Å²) in [7, 11) is -4.01. The molecular formula is C25H20Cl2N2O3S. The van der Waals surface area contributed by atoms with Gasteiger partial charge in [-0.25, -0.2) is 8.42 Å². The van der Waals surface area contributed by atoms with Gasteiger partial charge in [-0.05, 0) is 47.3 Å². The number of nitrogens with one attached hydrogen (secondary N) is 1. The van der Waals surface area contributed by atoms with E-state index in [0.717, 1.165) is 15.1 Å². The Kier molecular flexibility index (Phi) is 7.00. The fourth-order valence-corrected chi connectivity index (χ4v) is 5.18. The van der Waals surface area contributed by atoms with Crippen LogP contribution in [-0.2, 0) is 21.4 Å². The molecule has 0 spiro atoms. The topological polar surface area (TPSA) is 66.5 Å². The number of carbonyl (C=O) groups excluding carboxylic acids is 1. The minimum absolute atomic E-state index is 0.0388. The number of rotatable bonds is 7. The van der Waals surface area contributed by atoms with Crippen LogP contribution in [0.3, 0.4) is 0 Å². The molecule has 0 fully saturated rings. The van der Waals surface area contributed by atoms with Crippen molar-refractivity contribution < 1.29 is 13.2 Å². The summed E-state index contributed by atoms with van der Waals surface area (Å²) in [5, 5.41) is 5.52. The van der Waals surface area contributed by atoms with Gasteiger partial charge in [-0.1, -0.05) is 77.8 Å². The van der Waals surface area contributed by atoms with Crippen LogP contribution >= 0.6 is 23.2 Å². The highest BCUT2D eigenvalue weighted by Crippen LogP contribution is 2.25. The second kappa shape index (κ2) is 9.93. The van der Waals surface area contributed by atoms with Gasteiger partial charge in [0.1, 0.15) is 0 Å². The number of amides is 1. The monoisotopic (exact) mass is 498 g/mol. The lowest BCUT2D eigenvalue weighted by Gasteiger charge is -2.23. The number of benzene rings is 4. The van der Waals surface area contributed by atoms with E-state index in [1.807, 2.05) is 36.4 Å². The fourth-order valence-electron chi connectivity index (χ4n) is 3.48. The molecule has 0 aliphatic heterocycles. The number of sulfonamides is 1. The summed E-state index contributed by atoms with van der Waals surface area (Å²) in [6.45, 7) is -0.451. The molecule has 0 atom stereocenters. The summed E-state index contributed by atoms with van der Waals surface area (Å²) in [6, 6.07) is 26.0. The van der Waals surface area contributed by atoms with Crippen LogP contribution in [0.15, 0.2) is 95.9 Å². The first-order chi connectivity index (χ1) is 15.8. The van der Waals surface area contributed by atoms with Crippen LogP contribution in [0.4, 0.5) is 5.69 Å². The van der Waals surface area contributed by atoms with Crippen LogP contribution in [0.2, 0.25) is 10.0 Å². The summed E-state index contributed by atoms with van der Waals surface area (Å²) < 4.78 is 27.9.